The molecule has 4 atom stereocenters. The van der Waals surface area contributed by atoms with Crippen molar-refractivity contribution in [3.8, 4) is 11.1 Å². The third-order valence-electron chi connectivity index (χ3n) is 14.3. The monoisotopic (exact) mass is 812 g/mol. The number of benzene rings is 7. The standard InChI is InChI=1S/C59H44N2S/c1-3-19-40(20-4-1)60(42-34-36-57-49(37-42)47-25-11-14-32-56(47)62-57)43-33-35-46-45-24-9-12-27-50(45)59(53(46)38-43)51-28-13-10-26-48(51)58-52(59)29-16-31-55(58)61(41-21-5-2-6-22-41)54-30-15-18-39-17-7-8-23-44(39)54/h1-10,12-24,26-36,38,42,45,50H,11,25,37H2. The van der Waals surface area contributed by atoms with Gasteiger partial charge in [0, 0.05) is 49.6 Å². The summed E-state index contributed by atoms with van der Waals surface area (Å²) >= 11 is 1.96. The minimum absolute atomic E-state index is 0.182. The third-order valence-corrected chi connectivity index (χ3v) is 15.5. The first-order valence-electron chi connectivity index (χ1n) is 22.2. The number of hydrogen-bond donors (Lipinski definition) is 0. The van der Waals surface area contributed by atoms with Gasteiger partial charge in [0.1, 0.15) is 0 Å². The highest BCUT2D eigenvalue weighted by molar-refractivity contribution is 7.14. The van der Waals surface area contributed by atoms with Crippen molar-refractivity contribution in [1.29, 1.82) is 0 Å². The first-order chi connectivity index (χ1) is 30.8. The van der Waals surface area contributed by atoms with Gasteiger partial charge in [0.2, 0.25) is 0 Å². The Labute approximate surface area is 367 Å². The van der Waals surface area contributed by atoms with Gasteiger partial charge in [0.15, 0.2) is 0 Å². The van der Waals surface area contributed by atoms with Gasteiger partial charge in [-0.3, -0.25) is 0 Å². The van der Waals surface area contributed by atoms with E-state index in [1.165, 1.54) is 76.7 Å². The van der Waals surface area contributed by atoms with E-state index in [4.69, 9.17) is 0 Å². The second-order valence-electron chi connectivity index (χ2n) is 17.4. The number of hydrogen-bond acceptors (Lipinski definition) is 3. The number of thiophene rings is 1. The molecule has 13 rings (SSSR count). The van der Waals surface area contributed by atoms with E-state index in [0.717, 1.165) is 24.9 Å². The molecule has 0 saturated carbocycles. The van der Waals surface area contributed by atoms with Gasteiger partial charge in [0.05, 0.1) is 22.8 Å². The summed E-state index contributed by atoms with van der Waals surface area (Å²) in [5, 5.41) is 2.47. The predicted molar refractivity (Wildman–Crippen MR) is 262 cm³/mol. The molecule has 5 aliphatic carbocycles. The highest BCUT2D eigenvalue weighted by atomic mass is 32.1. The van der Waals surface area contributed by atoms with Crippen LogP contribution in [0.1, 0.15) is 55.5 Å². The van der Waals surface area contributed by atoms with Crippen molar-refractivity contribution in [2.45, 2.75) is 36.6 Å². The fraction of sp³-hybridized carbons (Fsp3) is 0.119. The lowest BCUT2D eigenvalue weighted by molar-refractivity contribution is 0.465. The number of nitrogens with zero attached hydrogens (tertiary/aromatic N) is 2. The van der Waals surface area contributed by atoms with Gasteiger partial charge in [-0.2, -0.15) is 0 Å². The molecule has 0 amide bonds. The summed E-state index contributed by atoms with van der Waals surface area (Å²) in [6.45, 7) is 0. The number of para-hydroxylation sites is 2. The van der Waals surface area contributed by atoms with Gasteiger partial charge in [-0.1, -0.05) is 152 Å². The van der Waals surface area contributed by atoms with Crippen molar-refractivity contribution < 1.29 is 0 Å². The maximum Gasteiger partial charge on any atom is 0.0566 e. The summed E-state index contributed by atoms with van der Waals surface area (Å²) < 4.78 is 0. The molecule has 8 aromatic rings. The van der Waals surface area contributed by atoms with Crippen molar-refractivity contribution in [1.82, 2.24) is 0 Å². The van der Waals surface area contributed by atoms with Crippen LogP contribution in [0.3, 0.4) is 0 Å². The van der Waals surface area contributed by atoms with Gasteiger partial charge in [-0.05, 0) is 124 Å². The molecule has 5 aliphatic rings. The zero-order valence-electron chi connectivity index (χ0n) is 34.4. The predicted octanol–water partition coefficient (Wildman–Crippen LogP) is 15.3. The number of anilines is 5. The van der Waals surface area contributed by atoms with E-state index in [-0.39, 0.29) is 17.9 Å². The number of fused-ring (bicyclic) bond motifs is 14. The Hall–Kier alpha value is -6.94. The average Bonchev–Trinajstić information content (AvgIpc) is 3.97. The lowest BCUT2D eigenvalue weighted by Gasteiger charge is -2.38. The van der Waals surface area contributed by atoms with Crippen LogP contribution in [0, 0.1) is 5.92 Å². The summed E-state index contributed by atoms with van der Waals surface area (Å²) in [6, 6.07) is 61.7. The molecule has 4 unspecified atom stereocenters. The molecular formula is C59H44N2S. The zero-order valence-corrected chi connectivity index (χ0v) is 35.2. The van der Waals surface area contributed by atoms with Crippen LogP contribution >= 0.6 is 11.3 Å². The molecule has 0 aliphatic heterocycles. The molecule has 0 N–H and O–H groups in total. The van der Waals surface area contributed by atoms with Crippen molar-refractivity contribution >= 4 is 62.7 Å². The maximum atomic E-state index is 2.62. The minimum Gasteiger partial charge on any atom is -0.334 e. The molecular weight excluding hydrogens is 769 g/mol. The van der Waals surface area contributed by atoms with Crippen LogP contribution in [0.4, 0.5) is 28.4 Å². The van der Waals surface area contributed by atoms with E-state index in [0.29, 0.717) is 0 Å². The second kappa shape index (κ2) is 14.1. The Bertz CT molecular complexity index is 3200. The Morgan fingerprint density at radius 3 is 2.18 bits per heavy atom. The van der Waals surface area contributed by atoms with E-state index >= 15 is 0 Å². The third kappa shape index (κ3) is 5.15. The van der Waals surface area contributed by atoms with Crippen LogP contribution in [-0.2, 0) is 18.3 Å². The largest absolute Gasteiger partial charge is 0.334 e. The topological polar surface area (TPSA) is 6.48 Å². The molecule has 3 heteroatoms. The van der Waals surface area contributed by atoms with E-state index in [1.807, 2.05) is 11.3 Å². The van der Waals surface area contributed by atoms with Crippen LogP contribution in [0.15, 0.2) is 200 Å². The second-order valence-corrected chi connectivity index (χ2v) is 18.5. The summed E-state index contributed by atoms with van der Waals surface area (Å²) in [5.74, 6) is 0.466. The highest BCUT2D eigenvalue weighted by Crippen LogP contribution is 2.67. The van der Waals surface area contributed by atoms with E-state index in [1.54, 1.807) is 11.1 Å². The first kappa shape index (κ1) is 35.8. The molecule has 7 aromatic carbocycles. The maximum absolute atomic E-state index is 2.62. The van der Waals surface area contributed by atoms with Crippen molar-refractivity contribution in [3.05, 3.63) is 243 Å². The molecule has 0 saturated heterocycles. The first-order valence-corrected chi connectivity index (χ1v) is 23.0. The van der Waals surface area contributed by atoms with Crippen LogP contribution in [0.25, 0.3) is 34.1 Å². The molecule has 0 bridgehead atoms. The van der Waals surface area contributed by atoms with Crippen molar-refractivity contribution in [2.24, 2.45) is 5.92 Å². The summed E-state index contributed by atoms with van der Waals surface area (Å²) in [6.07, 6.45) is 22.4. The van der Waals surface area contributed by atoms with E-state index in [2.05, 4.69) is 222 Å². The molecule has 0 radical (unpaired) electrons. The Morgan fingerprint density at radius 2 is 1.27 bits per heavy atom. The van der Waals surface area contributed by atoms with Gasteiger partial charge < -0.3 is 9.80 Å². The van der Waals surface area contributed by atoms with Gasteiger partial charge in [-0.25, -0.2) is 0 Å². The molecule has 296 valence electrons. The summed E-state index contributed by atoms with van der Waals surface area (Å²) in [5.41, 5.74) is 17.0. The van der Waals surface area contributed by atoms with E-state index < -0.39 is 5.41 Å². The quantitative estimate of drug-likeness (QED) is 0.165. The van der Waals surface area contributed by atoms with Gasteiger partial charge in [-0.15, -0.1) is 11.3 Å². The summed E-state index contributed by atoms with van der Waals surface area (Å²) in [7, 11) is 0. The molecule has 1 heterocycles. The minimum atomic E-state index is -0.406. The van der Waals surface area contributed by atoms with Gasteiger partial charge in [0.25, 0.3) is 0 Å². The molecule has 0 fully saturated rings. The Kier molecular flexibility index (Phi) is 8.11. The number of allylic oxidation sites excluding steroid dienone is 5. The van der Waals surface area contributed by atoms with Crippen molar-refractivity contribution in [3.63, 3.8) is 0 Å². The highest BCUT2D eigenvalue weighted by Gasteiger charge is 2.58. The fourth-order valence-corrected chi connectivity index (χ4v) is 13.1. The SMILES string of the molecule is C1=CC2c3ccc(N(c4ccccc4)C4C=Cc5sc6c(c5C4)CCC=C6)cc3C3(c4ccccc4-c4c(N(c5ccccc5)c5cccc6ccccc56)cccc43)C2C=C1. The molecule has 2 nitrogen and oxygen atoms in total. The smallest absolute Gasteiger partial charge is 0.0566 e. The Balaban J connectivity index is 1.04. The number of rotatable bonds is 6. The van der Waals surface area contributed by atoms with Crippen molar-refractivity contribution in [2.75, 3.05) is 9.80 Å². The van der Waals surface area contributed by atoms with E-state index in [9.17, 15) is 0 Å². The molecule has 1 aromatic heterocycles. The average molecular weight is 813 g/mol. The molecule has 62 heavy (non-hydrogen) atoms. The van der Waals surface area contributed by atoms with Crippen LogP contribution in [0.5, 0.6) is 0 Å². The lowest BCUT2D eigenvalue weighted by Crippen LogP contribution is -2.34. The zero-order chi connectivity index (χ0) is 40.8. The Morgan fingerprint density at radius 1 is 0.548 bits per heavy atom. The normalized spacial score (nSPS) is 20.7. The molecule has 1 spiro atoms. The lowest BCUT2D eigenvalue weighted by atomic mass is 9.65. The van der Waals surface area contributed by atoms with Crippen LogP contribution < -0.4 is 9.80 Å². The van der Waals surface area contributed by atoms with Crippen LogP contribution in [-0.4, -0.2) is 6.04 Å². The van der Waals surface area contributed by atoms with Crippen LogP contribution in [0.2, 0.25) is 0 Å². The van der Waals surface area contributed by atoms with Gasteiger partial charge >= 0.3 is 0 Å². The fourth-order valence-electron chi connectivity index (χ4n) is 11.9. The summed E-state index contributed by atoms with van der Waals surface area (Å²) in [4.78, 5) is 8.02.